The Labute approximate surface area is 266 Å². The summed E-state index contributed by atoms with van der Waals surface area (Å²) in [6, 6.07) is 6.78. The number of rotatable bonds is 9. The van der Waals surface area contributed by atoms with Gasteiger partial charge in [-0.05, 0) is 76.6 Å². The van der Waals surface area contributed by atoms with E-state index in [1.807, 2.05) is 42.2 Å². The molecule has 0 saturated carbocycles. The molecular formula is C35H49N3O5S. The number of aliphatic hydroxyl groups is 1. The van der Waals surface area contributed by atoms with Crippen molar-refractivity contribution in [2.24, 2.45) is 17.3 Å². The van der Waals surface area contributed by atoms with E-state index in [0.717, 1.165) is 17.9 Å². The predicted molar refractivity (Wildman–Crippen MR) is 176 cm³/mol. The lowest BCUT2D eigenvalue weighted by Gasteiger charge is -2.44. The number of hydrogen-bond acceptors (Lipinski definition) is 6. The van der Waals surface area contributed by atoms with Gasteiger partial charge in [0.1, 0.15) is 11.8 Å². The van der Waals surface area contributed by atoms with Crippen LogP contribution in [0, 0.1) is 17.3 Å². The van der Waals surface area contributed by atoms with Crippen LogP contribution in [0.25, 0.3) is 0 Å². The van der Waals surface area contributed by atoms with Crippen LogP contribution in [0.5, 0.6) is 5.75 Å². The van der Waals surface area contributed by atoms with Gasteiger partial charge in [-0.3, -0.25) is 14.4 Å². The highest BCUT2D eigenvalue weighted by molar-refractivity contribution is 8.02. The zero-order valence-corrected chi connectivity index (χ0v) is 28.2. The summed E-state index contributed by atoms with van der Waals surface area (Å²) in [4.78, 5) is 49.5. The van der Waals surface area contributed by atoms with Crippen LogP contribution in [0.15, 0.2) is 48.6 Å². The first-order chi connectivity index (χ1) is 20.7. The van der Waals surface area contributed by atoms with E-state index in [4.69, 9.17) is 4.74 Å². The van der Waals surface area contributed by atoms with E-state index in [0.29, 0.717) is 39.1 Å². The Kier molecular flexibility index (Phi) is 8.79. The van der Waals surface area contributed by atoms with Crippen LogP contribution in [-0.4, -0.2) is 86.6 Å². The summed E-state index contributed by atoms with van der Waals surface area (Å²) in [7, 11) is 0. The first-order valence-corrected chi connectivity index (χ1v) is 16.8. The fourth-order valence-corrected chi connectivity index (χ4v) is 10.4. The molecule has 1 N–H and O–H groups in total. The van der Waals surface area contributed by atoms with Gasteiger partial charge in [-0.1, -0.05) is 45.1 Å². The monoisotopic (exact) mass is 623 g/mol. The minimum Gasteiger partial charge on any atom is -0.494 e. The quantitative estimate of drug-likeness (QED) is 0.306. The number of anilines is 1. The number of likely N-dealkylation sites (tertiary alicyclic amines) is 1. The molecule has 5 rings (SSSR count). The lowest BCUT2D eigenvalue weighted by molar-refractivity contribution is -0.146. The number of hydrogen-bond donors (Lipinski definition) is 1. The van der Waals surface area contributed by atoms with E-state index < -0.39 is 32.9 Å². The smallest absolute Gasteiger partial charge is 0.247 e. The van der Waals surface area contributed by atoms with Crippen molar-refractivity contribution in [1.29, 1.82) is 0 Å². The predicted octanol–water partition coefficient (Wildman–Crippen LogP) is 5.06. The second-order valence-corrected chi connectivity index (χ2v) is 16.4. The number of carbonyl (C=O) groups is 3. The molecule has 1 aromatic carbocycles. The number of nitrogens with zero attached hydrogens (tertiary/aromatic N) is 3. The molecule has 5 atom stereocenters. The topological polar surface area (TPSA) is 90.4 Å². The van der Waals surface area contributed by atoms with Crippen molar-refractivity contribution in [2.75, 3.05) is 37.7 Å². The highest BCUT2D eigenvalue weighted by atomic mass is 32.2. The van der Waals surface area contributed by atoms with Gasteiger partial charge in [0.2, 0.25) is 17.7 Å². The van der Waals surface area contributed by atoms with Crippen molar-refractivity contribution < 1.29 is 24.2 Å². The van der Waals surface area contributed by atoms with Gasteiger partial charge in [0.05, 0.1) is 23.2 Å². The molecule has 2 fully saturated rings. The minimum atomic E-state index is -0.888. The largest absolute Gasteiger partial charge is 0.494 e. The number of ether oxygens (including phenoxy) is 1. The van der Waals surface area contributed by atoms with Crippen molar-refractivity contribution in [3.8, 4) is 5.75 Å². The van der Waals surface area contributed by atoms with Crippen molar-refractivity contribution in [1.82, 2.24) is 9.80 Å². The molecule has 1 spiro atoms. The van der Waals surface area contributed by atoms with Gasteiger partial charge in [0.15, 0.2) is 0 Å². The molecule has 0 radical (unpaired) electrons. The Morgan fingerprint density at radius 2 is 1.61 bits per heavy atom. The van der Waals surface area contributed by atoms with Gasteiger partial charge < -0.3 is 24.5 Å². The molecular weight excluding hydrogens is 574 g/mol. The average molecular weight is 624 g/mol. The van der Waals surface area contributed by atoms with Crippen LogP contribution in [0.3, 0.4) is 0 Å². The summed E-state index contributed by atoms with van der Waals surface area (Å²) in [5, 5.41) is 9.53. The number of unbranched alkanes of at least 4 members (excludes halogenated alkanes) is 1. The van der Waals surface area contributed by atoms with Crippen LogP contribution in [0.4, 0.5) is 5.69 Å². The summed E-state index contributed by atoms with van der Waals surface area (Å²) in [6.45, 7) is 16.6. The van der Waals surface area contributed by atoms with E-state index in [9.17, 15) is 19.5 Å². The lowest BCUT2D eigenvalue weighted by atomic mass is 9.74. The number of carbonyl (C=O) groups excluding carboxylic acids is 3. The molecule has 1 aromatic rings. The zero-order valence-electron chi connectivity index (χ0n) is 27.3. The Balaban J connectivity index is 1.57. The fourth-order valence-electron chi connectivity index (χ4n) is 8.21. The maximum atomic E-state index is 14.8. The summed E-state index contributed by atoms with van der Waals surface area (Å²) in [5.41, 5.74) is 0.305. The van der Waals surface area contributed by atoms with Gasteiger partial charge in [0.25, 0.3) is 0 Å². The van der Waals surface area contributed by atoms with Gasteiger partial charge in [-0.2, -0.15) is 0 Å². The highest BCUT2D eigenvalue weighted by Gasteiger charge is 2.74. The zero-order chi connectivity index (χ0) is 32.1. The number of thioether (sulfide) groups is 1. The SMILES string of the molecule is CCOc1ccc(N2CC=C[C@]3(C)S[C@]45C=CCN(C(C)(C)CC(C)(C)C)C(=O)C4N(CCCCO)C(=O)[C@@H]5[C@@H]3C2=O)cc1. The Morgan fingerprint density at radius 3 is 2.25 bits per heavy atom. The number of amides is 3. The third-order valence-electron chi connectivity index (χ3n) is 9.52. The molecule has 0 bridgehead atoms. The van der Waals surface area contributed by atoms with E-state index in [1.165, 1.54) is 0 Å². The molecule has 4 aliphatic heterocycles. The summed E-state index contributed by atoms with van der Waals surface area (Å²) < 4.78 is 4.06. The van der Waals surface area contributed by atoms with Gasteiger partial charge in [-0.25, -0.2) is 0 Å². The first-order valence-electron chi connectivity index (χ1n) is 16.0. The molecule has 1 unspecified atom stereocenters. The van der Waals surface area contributed by atoms with Crippen molar-refractivity contribution in [3.05, 3.63) is 48.6 Å². The molecule has 9 heteroatoms. The van der Waals surface area contributed by atoms with Crippen molar-refractivity contribution in [2.45, 2.75) is 88.8 Å². The highest BCUT2D eigenvalue weighted by Crippen LogP contribution is 2.66. The van der Waals surface area contributed by atoms with E-state index >= 15 is 0 Å². The lowest BCUT2D eigenvalue weighted by Crippen LogP contribution is -2.58. The van der Waals surface area contributed by atoms with Crippen molar-refractivity contribution >= 4 is 35.2 Å². The van der Waals surface area contributed by atoms with Crippen LogP contribution in [0.1, 0.15) is 67.7 Å². The summed E-state index contributed by atoms with van der Waals surface area (Å²) in [6.07, 6.45) is 10.2. The maximum absolute atomic E-state index is 14.8. The Morgan fingerprint density at radius 1 is 0.932 bits per heavy atom. The van der Waals surface area contributed by atoms with E-state index in [2.05, 4.69) is 59.8 Å². The maximum Gasteiger partial charge on any atom is 0.247 e. The second-order valence-electron chi connectivity index (χ2n) is 14.6. The standard InChI is InChI=1S/C35H49N3O5S/c1-8-43-25-15-13-24(14-16-25)36-20-11-17-34(7)26(29(36)40)27-30(41)37(19-9-10-22-39)28-31(42)38(21-12-18-35(27,28)44-34)33(5,6)23-32(2,3)4/h11-18,26-28,39H,8-10,19-23H2,1-7H3/t26-,27+,28?,34+,35+/m1/s1. The number of fused-ring (bicyclic) bond motifs is 2. The normalized spacial score (nSPS) is 30.3. The average Bonchev–Trinajstić information content (AvgIpc) is 3.18. The Hall–Kier alpha value is -2.78. The molecule has 2 saturated heterocycles. The van der Waals surface area contributed by atoms with Crippen LogP contribution in [0.2, 0.25) is 0 Å². The molecule has 8 nitrogen and oxygen atoms in total. The molecule has 240 valence electrons. The van der Waals surface area contributed by atoms with Crippen LogP contribution in [-0.2, 0) is 14.4 Å². The van der Waals surface area contributed by atoms with Gasteiger partial charge in [-0.15, -0.1) is 11.8 Å². The van der Waals surface area contributed by atoms with Crippen LogP contribution < -0.4 is 9.64 Å². The van der Waals surface area contributed by atoms with Crippen molar-refractivity contribution in [3.63, 3.8) is 0 Å². The van der Waals surface area contributed by atoms with E-state index in [-0.39, 0.29) is 29.7 Å². The molecule has 4 aliphatic rings. The summed E-state index contributed by atoms with van der Waals surface area (Å²) >= 11 is 1.61. The summed E-state index contributed by atoms with van der Waals surface area (Å²) in [5.74, 6) is -0.905. The van der Waals surface area contributed by atoms with Crippen LogP contribution >= 0.6 is 11.8 Å². The van der Waals surface area contributed by atoms with E-state index in [1.54, 1.807) is 21.6 Å². The van der Waals surface area contributed by atoms with Gasteiger partial charge >= 0.3 is 0 Å². The minimum absolute atomic E-state index is 0.00333. The first kappa shape index (κ1) is 32.6. The Bertz CT molecular complexity index is 1330. The molecule has 4 heterocycles. The molecule has 3 amide bonds. The fraction of sp³-hybridized carbons (Fsp3) is 0.629. The van der Waals surface area contributed by atoms with Gasteiger partial charge in [0, 0.05) is 42.2 Å². The number of benzene rings is 1. The molecule has 0 aromatic heterocycles. The third-order valence-corrected chi connectivity index (χ3v) is 11.3. The number of aliphatic hydroxyl groups excluding tert-OH is 1. The molecule has 0 aliphatic carbocycles. The third kappa shape index (κ3) is 5.59. The second kappa shape index (κ2) is 11.9. The molecule has 44 heavy (non-hydrogen) atoms.